The molecule has 0 bridgehead atoms. The van der Waals surface area contributed by atoms with E-state index in [2.05, 4.69) is 15.3 Å². The molecule has 0 unspecified atom stereocenters. The van der Waals surface area contributed by atoms with E-state index in [1.54, 1.807) is 11.3 Å². The molecule has 0 saturated carbocycles. The summed E-state index contributed by atoms with van der Waals surface area (Å²) in [4.78, 5) is 20.6. The summed E-state index contributed by atoms with van der Waals surface area (Å²) in [6, 6.07) is 3.17. The number of hydrogen-bond acceptors (Lipinski definition) is 7. The molecule has 0 fully saturated rings. The fourth-order valence-electron chi connectivity index (χ4n) is 2.66. The summed E-state index contributed by atoms with van der Waals surface area (Å²) in [6.45, 7) is 0.495. The molecule has 118 valence electrons. The molecular weight excluding hydrogens is 314 g/mol. The number of nitrogens with zero attached hydrogens (tertiary/aromatic N) is 4. The fraction of sp³-hybridized carbons (Fsp3) is 0.400. The van der Waals surface area contributed by atoms with Gasteiger partial charge in [-0.25, -0.2) is 9.97 Å². The molecule has 0 saturated heterocycles. The first-order valence-electron chi connectivity index (χ1n) is 7.44. The number of pyridine rings is 1. The van der Waals surface area contributed by atoms with Gasteiger partial charge in [0.1, 0.15) is 11.6 Å². The van der Waals surface area contributed by atoms with Gasteiger partial charge in [-0.3, -0.25) is 10.1 Å². The normalized spacial score (nSPS) is 13.2. The molecule has 2 aromatic heterocycles. The predicted molar refractivity (Wildman–Crippen MR) is 86.6 cm³/mol. The van der Waals surface area contributed by atoms with Crippen LogP contribution < -0.4 is 5.32 Å². The maximum absolute atomic E-state index is 11.1. The van der Waals surface area contributed by atoms with Gasteiger partial charge >= 0.3 is 5.69 Å². The van der Waals surface area contributed by atoms with Crippen molar-refractivity contribution in [1.29, 1.82) is 5.26 Å². The van der Waals surface area contributed by atoms with E-state index in [4.69, 9.17) is 5.26 Å². The number of aryl methyl sites for hydroxylation is 2. The largest absolute Gasteiger partial charge is 0.364 e. The van der Waals surface area contributed by atoms with Gasteiger partial charge in [0.25, 0.3) is 0 Å². The second-order valence-corrected chi connectivity index (χ2v) is 6.45. The minimum atomic E-state index is -0.573. The summed E-state index contributed by atoms with van der Waals surface area (Å²) in [5, 5.41) is 24.1. The minimum absolute atomic E-state index is 0.0113. The Balaban J connectivity index is 1.68. The predicted octanol–water partition coefficient (Wildman–Crippen LogP) is 2.85. The van der Waals surface area contributed by atoms with Crippen molar-refractivity contribution in [2.45, 2.75) is 32.1 Å². The third-order valence-corrected chi connectivity index (χ3v) is 4.97. The molecule has 23 heavy (non-hydrogen) atoms. The van der Waals surface area contributed by atoms with E-state index in [1.165, 1.54) is 35.7 Å². The summed E-state index contributed by atoms with van der Waals surface area (Å²) in [5.74, 6) is 0.135. The average Bonchev–Trinajstić information content (AvgIpc) is 2.97. The Morgan fingerprint density at radius 2 is 2.26 bits per heavy atom. The molecule has 0 aliphatic heterocycles. The Labute approximate surface area is 137 Å². The Hall–Kier alpha value is -2.53. The highest BCUT2D eigenvalue weighted by atomic mass is 32.1. The van der Waals surface area contributed by atoms with Crippen LogP contribution in [0.4, 0.5) is 11.5 Å². The van der Waals surface area contributed by atoms with Gasteiger partial charge in [-0.05, 0) is 31.7 Å². The van der Waals surface area contributed by atoms with Gasteiger partial charge in [0, 0.05) is 24.0 Å². The van der Waals surface area contributed by atoms with E-state index in [9.17, 15) is 10.1 Å². The van der Waals surface area contributed by atoms with Crippen molar-refractivity contribution in [2.24, 2.45) is 0 Å². The van der Waals surface area contributed by atoms with Crippen molar-refractivity contribution in [3.8, 4) is 6.07 Å². The molecule has 1 N–H and O–H groups in total. The minimum Gasteiger partial charge on any atom is -0.364 e. The van der Waals surface area contributed by atoms with Gasteiger partial charge in [0.2, 0.25) is 5.82 Å². The molecular formula is C15H15N5O2S. The highest BCUT2D eigenvalue weighted by Crippen LogP contribution is 2.28. The summed E-state index contributed by atoms with van der Waals surface area (Å²) in [6.07, 6.45) is 6.67. The van der Waals surface area contributed by atoms with Gasteiger partial charge in [0.15, 0.2) is 0 Å². The van der Waals surface area contributed by atoms with E-state index in [1.807, 2.05) is 6.07 Å². The summed E-state index contributed by atoms with van der Waals surface area (Å²) >= 11 is 1.73. The van der Waals surface area contributed by atoms with Crippen LogP contribution in [0.25, 0.3) is 0 Å². The van der Waals surface area contributed by atoms with Crippen molar-refractivity contribution in [3.05, 3.63) is 43.5 Å². The van der Waals surface area contributed by atoms with E-state index >= 15 is 0 Å². The van der Waals surface area contributed by atoms with Crippen LogP contribution in [0.15, 0.2) is 12.3 Å². The lowest BCUT2D eigenvalue weighted by Gasteiger charge is -2.06. The molecule has 3 rings (SSSR count). The van der Waals surface area contributed by atoms with Crippen molar-refractivity contribution in [3.63, 3.8) is 0 Å². The molecule has 1 aliphatic rings. The van der Waals surface area contributed by atoms with Gasteiger partial charge in [-0.2, -0.15) is 5.26 Å². The quantitative estimate of drug-likeness (QED) is 0.668. The van der Waals surface area contributed by atoms with Crippen molar-refractivity contribution in [1.82, 2.24) is 9.97 Å². The molecule has 2 aromatic rings. The van der Waals surface area contributed by atoms with E-state index < -0.39 is 4.92 Å². The number of thiazole rings is 1. The van der Waals surface area contributed by atoms with Crippen LogP contribution in [0.1, 0.15) is 34.0 Å². The van der Waals surface area contributed by atoms with E-state index in [-0.39, 0.29) is 17.1 Å². The Morgan fingerprint density at radius 3 is 3.00 bits per heavy atom. The van der Waals surface area contributed by atoms with Crippen LogP contribution in [0.3, 0.4) is 0 Å². The zero-order valence-electron chi connectivity index (χ0n) is 12.4. The van der Waals surface area contributed by atoms with Gasteiger partial charge < -0.3 is 5.32 Å². The van der Waals surface area contributed by atoms with Crippen LogP contribution >= 0.6 is 11.3 Å². The fourth-order valence-corrected chi connectivity index (χ4v) is 3.81. The number of nitrogens with one attached hydrogen (secondary N) is 1. The SMILES string of the molecule is N#Cc1ccnc(NCCc2nc3c(s2)CCCC3)c1[N+](=O)[O-]. The standard InChI is InChI=1S/C15H15N5O2S/c16-9-10-5-7-17-15(14(10)20(21)22)18-8-6-13-19-11-3-1-2-4-12(11)23-13/h5,7H,1-4,6,8H2,(H,17,18). The number of aromatic nitrogens is 2. The molecule has 2 heterocycles. The Bertz CT molecular complexity index is 757. The zero-order chi connectivity index (χ0) is 16.2. The summed E-state index contributed by atoms with van der Waals surface area (Å²) < 4.78 is 0. The lowest BCUT2D eigenvalue weighted by atomic mass is 10.0. The van der Waals surface area contributed by atoms with Crippen LogP contribution in [0, 0.1) is 21.4 Å². The first-order valence-corrected chi connectivity index (χ1v) is 8.25. The molecule has 1 aliphatic carbocycles. The molecule has 7 nitrogen and oxygen atoms in total. The van der Waals surface area contributed by atoms with Crippen LogP contribution in [0.2, 0.25) is 0 Å². The van der Waals surface area contributed by atoms with Crippen molar-refractivity contribution in [2.75, 3.05) is 11.9 Å². The van der Waals surface area contributed by atoms with Gasteiger partial charge in [-0.1, -0.05) is 0 Å². The van der Waals surface area contributed by atoms with Crippen LogP contribution in [0.5, 0.6) is 0 Å². The number of nitro groups is 1. The third kappa shape index (κ3) is 3.29. The Morgan fingerprint density at radius 1 is 1.43 bits per heavy atom. The molecule has 0 radical (unpaired) electrons. The second-order valence-electron chi connectivity index (χ2n) is 5.29. The van der Waals surface area contributed by atoms with Crippen LogP contribution in [-0.4, -0.2) is 21.4 Å². The second kappa shape index (κ2) is 6.71. The van der Waals surface area contributed by atoms with Crippen molar-refractivity contribution < 1.29 is 4.92 Å². The summed E-state index contributed by atoms with van der Waals surface area (Å²) in [7, 11) is 0. The maximum atomic E-state index is 11.1. The smallest absolute Gasteiger partial charge is 0.328 e. The highest BCUT2D eigenvalue weighted by Gasteiger charge is 2.21. The first kappa shape index (κ1) is 15.4. The number of nitriles is 1. The molecule has 0 atom stereocenters. The molecule has 0 amide bonds. The monoisotopic (exact) mass is 329 g/mol. The van der Waals surface area contributed by atoms with Gasteiger partial charge in [-0.15, -0.1) is 11.3 Å². The molecule has 0 spiro atoms. The zero-order valence-corrected chi connectivity index (χ0v) is 13.2. The Kier molecular flexibility index (Phi) is 4.48. The van der Waals surface area contributed by atoms with Crippen LogP contribution in [-0.2, 0) is 19.3 Å². The lowest BCUT2D eigenvalue weighted by molar-refractivity contribution is -0.384. The first-order chi connectivity index (χ1) is 11.2. The number of fused-ring (bicyclic) bond motifs is 1. The number of rotatable bonds is 5. The summed E-state index contributed by atoms with van der Waals surface area (Å²) in [5.41, 5.74) is 0.956. The van der Waals surface area contributed by atoms with Gasteiger partial charge in [0.05, 0.1) is 15.6 Å². The van der Waals surface area contributed by atoms with Crippen molar-refractivity contribution >= 4 is 22.8 Å². The maximum Gasteiger partial charge on any atom is 0.328 e. The lowest BCUT2D eigenvalue weighted by Crippen LogP contribution is -2.09. The third-order valence-electron chi connectivity index (χ3n) is 3.75. The highest BCUT2D eigenvalue weighted by molar-refractivity contribution is 7.11. The topological polar surface area (TPSA) is 105 Å². The number of hydrogen-bond donors (Lipinski definition) is 1. The van der Waals surface area contributed by atoms with E-state index in [0.29, 0.717) is 13.0 Å². The van der Waals surface area contributed by atoms with E-state index in [0.717, 1.165) is 17.8 Å². The number of anilines is 1. The molecule has 0 aromatic carbocycles. The average molecular weight is 329 g/mol. The molecule has 8 heteroatoms.